The Hall–Kier alpha value is -2.95. The van der Waals surface area contributed by atoms with Crippen LogP contribution in [0.4, 0.5) is 10.1 Å². The summed E-state index contributed by atoms with van der Waals surface area (Å²) in [7, 11) is 0. The van der Waals surface area contributed by atoms with Crippen LogP contribution in [0.3, 0.4) is 0 Å². The predicted molar refractivity (Wildman–Crippen MR) is 105 cm³/mol. The average molecular weight is 366 g/mol. The zero-order valence-corrected chi connectivity index (χ0v) is 15.3. The van der Waals surface area contributed by atoms with Gasteiger partial charge in [0.1, 0.15) is 5.82 Å². The molecule has 5 heteroatoms. The van der Waals surface area contributed by atoms with Gasteiger partial charge in [-0.05, 0) is 49.1 Å². The molecule has 0 saturated carbocycles. The third kappa shape index (κ3) is 5.03. The van der Waals surface area contributed by atoms with Crippen molar-refractivity contribution in [3.63, 3.8) is 0 Å². The minimum Gasteiger partial charge on any atom is -0.339 e. The molecule has 2 aromatic carbocycles. The van der Waals surface area contributed by atoms with Gasteiger partial charge in [-0.3, -0.25) is 9.59 Å². The molecule has 27 heavy (non-hydrogen) atoms. The van der Waals surface area contributed by atoms with Gasteiger partial charge in [0.2, 0.25) is 11.8 Å². The minimum absolute atomic E-state index is 0.0533. The highest BCUT2D eigenvalue weighted by Gasteiger charge is 2.27. The fourth-order valence-electron chi connectivity index (χ4n) is 3.17. The quantitative estimate of drug-likeness (QED) is 0.831. The van der Waals surface area contributed by atoms with Crippen LogP contribution >= 0.6 is 0 Å². The fourth-order valence-corrected chi connectivity index (χ4v) is 3.17. The van der Waals surface area contributed by atoms with E-state index in [4.69, 9.17) is 0 Å². The summed E-state index contributed by atoms with van der Waals surface area (Å²) in [6.45, 7) is 2.89. The van der Waals surface area contributed by atoms with Gasteiger partial charge in [-0.2, -0.15) is 0 Å². The number of aryl methyl sites for hydroxylation is 1. The van der Waals surface area contributed by atoms with Gasteiger partial charge in [-0.15, -0.1) is 0 Å². The van der Waals surface area contributed by atoms with E-state index in [-0.39, 0.29) is 23.4 Å². The van der Waals surface area contributed by atoms with Crippen molar-refractivity contribution >= 4 is 23.6 Å². The van der Waals surface area contributed by atoms with Crippen molar-refractivity contribution in [2.24, 2.45) is 5.92 Å². The van der Waals surface area contributed by atoms with E-state index in [0.717, 1.165) is 11.1 Å². The first-order valence-corrected chi connectivity index (χ1v) is 9.12. The van der Waals surface area contributed by atoms with Crippen LogP contribution in [0.15, 0.2) is 54.6 Å². The molecule has 1 heterocycles. The highest BCUT2D eigenvalue weighted by molar-refractivity contribution is 5.94. The van der Waals surface area contributed by atoms with Crippen LogP contribution in [0.25, 0.3) is 6.08 Å². The monoisotopic (exact) mass is 366 g/mol. The molecule has 1 aliphatic heterocycles. The number of hydrogen-bond donors (Lipinski definition) is 1. The van der Waals surface area contributed by atoms with E-state index in [9.17, 15) is 14.0 Å². The summed E-state index contributed by atoms with van der Waals surface area (Å²) in [5, 5.41) is 2.68. The maximum atomic E-state index is 13.8. The second-order valence-corrected chi connectivity index (χ2v) is 6.82. The molecule has 1 N–H and O–H groups in total. The number of carbonyl (C=O) groups excluding carboxylic acids is 2. The molecule has 0 atom stereocenters. The number of rotatable bonds is 4. The summed E-state index contributed by atoms with van der Waals surface area (Å²) >= 11 is 0. The second-order valence-electron chi connectivity index (χ2n) is 6.82. The summed E-state index contributed by atoms with van der Waals surface area (Å²) in [6.07, 6.45) is 4.51. The van der Waals surface area contributed by atoms with Gasteiger partial charge in [0.25, 0.3) is 0 Å². The third-order valence-electron chi connectivity index (χ3n) is 4.78. The maximum absolute atomic E-state index is 13.8. The summed E-state index contributed by atoms with van der Waals surface area (Å²) in [5.74, 6) is -0.895. The van der Waals surface area contributed by atoms with Gasteiger partial charge in [0.05, 0.1) is 5.69 Å². The summed E-state index contributed by atoms with van der Waals surface area (Å²) in [5.41, 5.74) is 2.07. The Morgan fingerprint density at radius 3 is 2.52 bits per heavy atom. The van der Waals surface area contributed by atoms with Gasteiger partial charge in [0.15, 0.2) is 0 Å². The molecule has 0 spiro atoms. The number of piperidine rings is 1. The number of carbonyl (C=O) groups is 2. The average Bonchev–Trinajstić information content (AvgIpc) is 2.70. The SMILES string of the molecule is Cc1ccc(F)c(NC(=O)C2CCN(C(=O)/C=C/c3ccccc3)CC2)c1. The van der Waals surface area contributed by atoms with Crippen LogP contribution < -0.4 is 5.32 Å². The number of hydrogen-bond acceptors (Lipinski definition) is 2. The second kappa shape index (κ2) is 8.62. The van der Waals surface area contributed by atoms with E-state index in [1.807, 2.05) is 37.3 Å². The van der Waals surface area contributed by atoms with E-state index < -0.39 is 5.82 Å². The summed E-state index contributed by atoms with van der Waals surface area (Å²) < 4.78 is 13.8. The number of amides is 2. The highest BCUT2D eigenvalue weighted by atomic mass is 19.1. The van der Waals surface area contributed by atoms with Gasteiger partial charge in [0, 0.05) is 25.1 Å². The number of anilines is 1. The van der Waals surface area contributed by atoms with Crippen molar-refractivity contribution in [3.8, 4) is 0 Å². The third-order valence-corrected chi connectivity index (χ3v) is 4.78. The van der Waals surface area contributed by atoms with Crippen molar-refractivity contribution in [2.45, 2.75) is 19.8 Å². The molecule has 140 valence electrons. The van der Waals surface area contributed by atoms with Gasteiger partial charge in [-0.25, -0.2) is 4.39 Å². The minimum atomic E-state index is -0.437. The molecule has 1 aliphatic rings. The number of likely N-dealkylation sites (tertiary alicyclic amines) is 1. The molecule has 1 saturated heterocycles. The lowest BCUT2D eigenvalue weighted by atomic mass is 9.95. The molecule has 1 fully saturated rings. The number of benzene rings is 2. The van der Waals surface area contributed by atoms with Crippen LogP contribution in [0.5, 0.6) is 0 Å². The van der Waals surface area contributed by atoms with Crippen molar-refractivity contribution in [1.82, 2.24) is 4.90 Å². The Kier molecular flexibility index (Phi) is 6.01. The van der Waals surface area contributed by atoms with Crippen LogP contribution in [-0.4, -0.2) is 29.8 Å². The van der Waals surface area contributed by atoms with Crippen LogP contribution in [-0.2, 0) is 9.59 Å². The molecule has 4 nitrogen and oxygen atoms in total. The van der Waals surface area contributed by atoms with Crippen LogP contribution in [0, 0.1) is 18.7 Å². The molecule has 2 amide bonds. The van der Waals surface area contributed by atoms with Crippen molar-refractivity contribution in [3.05, 3.63) is 71.6 Å². The van der Waals surface area contributed by atoms with Crippen molar-refractivity contribution in [2.75, 3.05) is 18.4 Å². The van der Waals surface area contributed by atoms with E-state index in [0.29, 0.717) is 25.9 Å². The number of nitrogens with zero attached hydrogens (tertiary/aromatic N) is 1. The zero-order valence-electron chi connectivity index (χ0n) is 15.3. The molecule has 0 radical (unpaired) electrons. The fraction of sp³-hybridized carbons (Fsp3) is 0.273. The lowest BCUT2D eigenvalue weighted by molar-refractivity contribution is -0.130. The van der Waals surface area contributed by atoms with E-state index in [2.05, 4.69) is 5.32 Å². The smallest absolute Gasteiger partial charge is 0.246 e. The molecular formula is C22H23FN2O2. The standard InChI is InChI=1S/C22H23FN2O2/c1-16-7-9-19(23)20(15-16)24-22(27)18-11-13-25(14-12-18)21(26)10-8-17-5-3-2-4-6-17/h2-10,15,18H,11-14H2,1H3,(H,24,27)/b10-8+. The molecule has 0 aromatic heterocycles. The first-order chi connectivity index (χ1) is 13.0. The van der Waals surface area contributed by atoms with Gasteiger partial charge >= 0.3 is 0 Å². The molecule has 0 aliphatic carbocycles. The Morgan fingerprint density at radius 1 is 1.11 bits per heavy atom. The molecular weight excluding hydrogens is 343 g/mol. The lowest BCUT2D eigenvalue weighted by Gasteiger charge is -2.30. The molecule has 0 unspecified atom stereocenters. The zero-order chi connectivity index (χ0) is 19.2. The summed E-state index contributed by atoms with van der Waals surface area (Å²) in [4.78, 5) is 26.5. The van der Waals surface area contributed by atoms with Crippen LogP contribution in [0.2, 0.25) is 0 Å². The van der Waals surface area contributed by atoms with Gasteiger partial charge < -0.3 is 10.2 Å². The van der Waals surface area contributed by atoms with Gasteiger partial charge in [-0.1, -0.05) is 36.4 Å². The van der Waals surface area contributed by atoms with Crippen molar-refractivity contribution in [1.29, 1.82) is 0 Å². The normalized spacial score (nSPS) is 15.1. The molecule has 2 aromatic rings. The number of nitrogens with one attached hydrogen (secondary N) is 1. The Balaban J connectivity index is 1.52. The van der Waals surface area contributed by atoms with E-state index in [1.165, 1.54) is 6.07 Å². The Morgan fingerprint density at radius 2 is 1.81 bits per heavy atom. The predicted octanol–water partition coefficient (Wildman–Crippen LogP) is 4.02. The first kappa shape index (κ1) is 18.8. The Labute approximate surface area is 158 Å². The first-order valence-electron chi connectivity index (χ1n) is 9.12. The largest absolute Gasteiger partial charge is 0.339 e. The highest BCUT2D eigenvalue weighted by Crippen LogP contribution is 2.22. The van der Waals surface area contributed by atoms with E-state index >= 15 is 0 Å². The van der Waals surface area contributed by atoms with Crippen molar-refractivity contribution < 1.29 is 14.0 Å². The molecule has 0 bridgehead atoms. The summed E-state index contributed by atoms with van der Waals surface area (Å²) in [6, 6.07) is 14.3. The van der Waals surface area contributed by atoms with Crippen LogP contribution in [0.1, 0.15) is 24.0 Å². The molecule has 3 rings (SSSR count). The van der Waals surface area contributed by atoms with E-state index in [1.54, 1.807) is 29.2 Å². The Bertz CT molecular complexity index is 841. The maximum Gasteiger partial charge on any atom is 0.246 e. The lowest BCUT2D eigenvalue weighted by Crippen LogP contribution is -2.40. The number of halogens is 1. The topological polar surface area (TPSA) is 49.4 Å².